The summed E-state index contributed by atoms with van der Waals surface area (Å²) in [4.78, 5) is 16.0. The first kappa shape index (κ1) is 14.7. The number of nitrogens with zero attached hydrogens (tertiary/aromatic N) is 1. The fourth-order valence-electron chi connectivity index (χ4n) is 1.72. The Morgan fingerprint density at radius 2 is 2.19 bits per heavy atom. The molecule has 21 heavy (non-hydrogen) atoms. The number of aliphatic hydroxyl groups excluding tert-OH is 1. The number of aryl methyl sites for hydroxylation is 1. The molecule has 0 aliphatic carbocycles. The van der Waals surface area contributed by atoms with Crippen LogP contribution in [0.25, 0.3) is 0 Å². The van der Waals surface area contributed by atoms with Crippen LogP contribution >= 0.6 is 0 Å². The van der Waals surface area contributed by atoms with Crippen LogP contribution in [0.5, 0.6) is 0 Å². The summed E-state index contributed by atoms with van der Waals surface area (Å²) < 4.78 is 12.8. The average Bonchev–Trinajstić information content (AvgIpc) is 2.48. The minimum atomic E-state index is -0.474. The summed E-state index contributed by atoms with van der Waals surface area (Å²) in [5, 5.41) is 11.3. The van der Waals surface area contributed by atoms with Gasteiger partial charge in [0.1, 0.15) is 18.2 Å². The molecule has 2 rings (SSSR count). The van der Waals surface area contributed by atoms with E-state index in [0.29, 0.717) is 11.1 Å². The lowest BCUT2D eigenvalue weighted by molar-refractivity contribution is 0.102. The minimum absolute atomic E-state index is 0.254. The molecule has 1 aromatic heterocycles. The van der Waals surface area contributed by atoms with E-state index in [0.717, 1.165) is 11.8 Å². The third-order valence-electron chi connectivity index (χ3n) is 2.69. The van der Waals surface area contributed by atoms with E-state index >= 15 is 0 Å². The van der Waals surface area contributed by atoms with Crippen molar-refractivity contribution in [2.24, 2.45) is 0 Å². The molecule has 5 heteroatoms. The minimum Gasteiger partial charge on any atom is -0.384 e. The molecular weight excluding hydrogens is 271 g/mol. The Morgan fingerprint density at radius 1 is 1.38 bits per heavy atom. The van der Waals surface area contributed by atoms with Gasteiger partial charge in [-0.1, -0.05) is 23.5 Å². The van der Waals surface area contributed by atoms with E-state index in [9.17, 15) is 9.18 Å². The number of rotatable bonds is 2. The highest BCUT2D eigenvalue weighted by atomic mass is 19.1. The lowest BCUT2D eigenvalue weighted by atomic mass is 10.0. The number of carbonyl (C=O) groups excluding carboxylic acids is 1. The van der Waals surface area contributed by atoms with Gasteiger partial charge in [-0.3, -0.25) is 4.79 Å². The first-order valence-corrected chi connectivity index (χ1v) is 6.23. The Morgan fingerprint density at radius 3 is 2.86 bits per heavy atom. The molecule has 0 unspecified atom stereocenters. The highest BCUT2D eigenvalue weighted by molar-refractivity contribution is 6.05. The summed E-state index contributed by atoms with van der Waals surface area (Å²) in [7, 11) is 0. The van der Waals surface area contributed by atoms with E-state index in [1.807, 2.05) is 13.0 Å². The van der Waals surface area contributed by atoms with Crippen LogP contribution < -0.4 is 5.32 Å². The van der Waals surface area contributed by atoms with Crippen molar-refractivity contribution in [2.75, 3.05) is 11.9 Å². The molecule has 0 aliphatic rings. The predicted molar refractivity (Wildman–Crippen MR) is 77.3 cm³/mol. The molecule has 0 bridgehead atoms. The fraction of sp³-hybridized carbons (Fsp3) is 0.125. The standard InChI is InChI=1S/C16H13FN2O2/c1-11-4-5-12(3-2-8-20)14(9-11)16(21)19-15-7-6-13(17)10-18-15/h4-7,9-10,20H,8H2,1H3,(H,18,19,21). The van der Waals surface area contributed by atoms with Crippen molar-refractivity contribution in [1.29, 1.82) is 0 Å². The van der Waals surface area contributed by atoms with Crippen molar-refractivity contribution in [3.05, 3.63) is 59.0 Å². The second-order valence-electron chi connectivity index (χ2n) is 4.32. The molecule has 1 heterocycles. The Hall–Kier alpha value is -2.71. The zero-order valence-electron chi connectivity index (χ0n) is 11.4. The van der Waals surface area contributed by atoms with Crippen molar-refractivity contribution >= 4 is 11.7 Å². The van der Waals surface area contributed by atoms with Gasteiger partial charge in [0, 0.05) is 5.56 Å². The number of nitrogens with one attached hydrogen (secondary N) is 1. The average molecular weight is 284 g/mol. The molecule has 0 atom stereocenters. The number of hydrogen-bond donors (Lipinski definition) is 2. The van der Waals surface area contributed by atoms with Gasteiger partial charge in [0.05, 0.1) is 11.8 Å². The molecule has 4 nitrogen and oxygen atoms in total. The van der Waals surface area contributed by atoms with Gasteiger partial charge in [0.15, 0.2) is 0 Å². The summed E-state index contributed by atoms with van der Waals surface area (Å²) in [5.41, 5.74) is 1.79. The maximum Gasteiger partial charge on any atom is 0.258 e. The molecular formula is C16H13FN2O2. The lowest BCUT2D eigenvalue weighted by Gasteiger charge is -2.07. The van der Waals surface area contributed by atoms with Crippen LogP contribution in [-0.2, 0) is 0 Å². The van der Waals surface area contributed by atoms with Crippen LogP contribution in [0, 0.1) is 24.6 Å². The maximum absolute atomic E-state index is 12.8. The Kier molecular flexibility index (Phi) is 4.64. The summed E-state index contributed by atoms with van der Waals surface area (Å²) in [5.74, 6) is 4.63. The second-order valence-corrected chi connectivity index (χ2v) is 4.32. The van der Waals surface area contributed by atoms with Gasteiger partial charge >= 0.3 is 0 Å². The zero-order chi connectivity index (χ0) is 15.2. The van der Waals surface area contributed by atoms with Crippen molar-refractivity contribution in [2.45, 2.75) is 6.92 Å². The molecule has 1 amide bonds. The quantitative estimate of drug-likeness (QED) is 0.830. The zero-order valence-corrected chi connectivity index (χ0v) is 11.4. The number of pyridine rings is 1. The molecule has 0 saturated heterocycles. The number of halogens is 1. The van der Waals surface area contributed by atoms with E-state index in [1.165, 1.54) is 12.1 Å². The highest BCUT2D eigenvalue weighted by Gasteiger charge is 2.11. The molecule has 2 aromatic rings. The van der Waals surface area contributed by atoms with Gasteiger partial charge in [0.2, 0.25) is 0 Å². The van der Waals surface area contributed by atoms with Crippen LogP contribution in [0.4, 0.5) is 10.2 Å². The van der Waals surface area contributed by atoms with Gasteiger partial charge in [-0.05, 0) is 31.2 Å². The fourth-order valence-corrected chi connectivity index (χ4v) is 1.72. The van der Waals surface area contributed by atoms with Gasteiger partial charge < -0.3 is 10.4 Å². The molecule has 0 fully saturated rings. The third-order valence-corrected chi connectivity index (χ3v) is 2.69. The molecule has 2 N–H and O–H groups in total. The molecule has 0 saturated carbocycles. The number of carbonyl (C=O) groups is 1. The highest BCUT2D eigenvalue weighted by Crippen LogP contribution is 2.13. The Balaban J connectivity index is 2.29. The summed E-state index contributed by atoms with van der Waals surface area (Å²) in [6, 6.07) is 7.83. The third kappa shape index (κ3) is 3.88. The topological polar surface area (TPSA) is 62.2 Å². The maximum atomic E-state index is 12.8. The number of amides is 1. The van der Waals surface area contributed by atoms with Crippen molar-refractivity contribution < 1.29 is 14.3 Å². The number of anilines is 1. The first-order valence-electron chi connectivity index (χ1n) is 6.23. The second kappa shape index (κ2) is 6.64. The predicted octanol–water partition coefficient (Wildman–Crippen LogP) is 2.13. The van der Waals surface area contributed by atoms with Crippen LogP contribution in [0.2, 0.25) is 0 Å². The van der Waals surface area contributed by atoms with Crippen LogP contribution in [0.3, 0.4) is 0 Å². The smallest absolute Gasteiger partial charge is 0.258 e. The van der Waals surface area contributed by atoms with E-state index in [2.05, 4.69) is 22.1 Å². The van der Waals surface area contributed by atoms with E-state index in [-0.39, 0.29) is 18.3 Å². The van der Waals surface area contributed by atoms with Gasteiger partial charge in [-0.15, -0.1) is 0 Å². The number of benzene rings is 1. The van der Waals surface area contributed by atoms with Crippen LogP contribution in [-0.4, -0.2) is 22.6 Å². The van der Waals surface area contributed by atoms with E-state index in [4.69, 9.17) is 5.11 Å². The van der Waals surface area contributed by atoms with E-state index in [1.54, 1.807) is 12.1 Å². The van der Waals surface area contributed by atoms with Gasteiger partial charge in [-0.25, -0.2) is 9.37 Å². The van der Waals surface area contributed by atoms with Crippen molar-refractivity contribution in [1.82, 2.24) is 4.98 Å². The SMILES string of the molecule is Cc1ccc(C#CCO)c(C(=O)Nc2ccc(F)cn2)c1. The van der Waals surface area contributed by atoms with Crippen LogP contribution in [0.15, 0.2) is 36.5 Å². The summed E-state index contributed by atoms with van der Waals surface area (Å²) in [6.07, 6.45) is 1.03. The molecule has 0 spiro atoms. The molecule has 0 radical (unpaired) electrons. The normalized spacial score (nSPS) is 9.67. The summed E-state index contributed by atoms with van der Waals surface area (Å²) >= 11 is 0. The van der Waals surface area contributed by atoms with Crippen molar-refractivity contribution in [3.8, 4) is 11.8 Å². The lowest BCUT2D eigenvalue weighted by Crippen LogP contribution is -2.14. The summed E-state index contributed by atoms with van der Waals surface area (Å²) in [6.45, 7) is 1.57. The molecule has 0 aliphatic heterocycles. The Labute approximate surface area is 121 Å². The number of aliphatic hydroxyl groups is 1. The largest absolute Gasteiger partial charge is 0.384 e. The van der Waals surface area contributed by atoms with Gasteiger partial charge in [-0.2, -0.15) is 0 Å². The molecule has 106 valence electrons. The molecule has 1 aromatic carbocycles. The Bertz CT molecular complexity index is 715. The van der Waals surface area contributed by atoms with E-state index < -0.39 is 5.82 Å². The first-order chi connectivity index (χ1) is 10.1. The number of aromatic nitrogens is 1. The van der Waals surface area contributed by atoms with Crippen molar-refractivity contribution in [3.63, 3.8) is 0 Å². The number of hydrogen-bond acceptors (Lipinski definition) is 3. The monoisotopic (exact) mass is 284 g/mol. The van der Waals surface area contributed by atoms with Gasteiger partial charge in [0.25, 0.3) is 5.91 Å². The van der Waals surface area contributed by atoms with Crippen LogP contribution in [0.1, 0.15) is 21.5 Å².